The molecule has 20 heavy (non-hydrogen) atoms. The fourth-order valence-corrected chi connectivity index (χ4v) is 3.24. The molecular weight excluding hydrogens is 340 g/mol. The van der Waals surface area contributed by atoms with Gasteiger partial charge in [0, 0.05) is 28.2 Å². The highest BCUT2D eigenvalue weighted by atomic mass is 79.9. The van der Waals surface area contributed by atoms with Gasteiger partial charge in [0.15, 0.2) is 0 Å². The molecule has 3 nitrogen and oxygen atoms in total. The third-order valence-electron chi connectivity index (χ3n) is 3.53. The molecule has 0 aromatic heterocycles. The number of benzene rings is 1. The molecule has 0 bridgehead atoms. The monoisotopic (exact) mass is 362 g/mol. The first kappa shape index (κ1) is 17.8. The van der Waals surface area contributed by atoms with Crippen LogP contribution >= 0.6 is 28.3 Å². The second-order valence-corrected chi connectivity index (χ2v) is 6.92. The first-order valence-corrected chi connectivity index (χ1v) is 7.56. The molecule has 0 aliphatic carbocycles. The van der Waals surface area contributed by atoms with Crippen LogP contribution in [0.5, 0.6) is 5.75 Å². The van der Waals surface area contributed by atoms with Crippen LogP contribution in [0.2, 0.25) is 0 Å². The van der Waals surface area contributed by atoms with E-state index in [0.29, 0.717) is 6.04 Å². The average molecular weight is 364 g/mol. The van der Waals surface area contributed by atoms with Crippen molar-refractivity contribution >= 4 is 28.3 Å². The Bertz CT molecular complexity index is 448. The number of hydrogen-bond donors (Lipinski definition) is 1. The molecule has 0 amide bonds. The van der Waals surface area contributed by atoms with Crippen LogP contribution in [0.15, 0.2) is 22.7 Å². The van der Waals surface area contributed by atoms with Crippen LogP contribution < -0.4 is 10.5 Å². The highest BCUT2D eigenvalue weighted by Crippen LogP contribution is 2.38. The lowest BCUT2D eigenvalue weighted by Gasteiger charge is -2.32. The smallest absolute Gasteiger partial charge is 0.123 e. The Kier molecular flexibility index (Phi) is 6.32. The third-order valence-corrected chi connectivity index (χ3v) is 4.02. The summed E-state index contributed by atoms with van der Waals surface area (Å²) in [7, 11) is 1.74. The molecule has 1 unspecified atom stereocenters. The summed E-state index contributed by atoms with van der Waals surface area (Å²) < 4.78 is 6.61. The second-order valence-electron chi connectivity index (χ2n) is 6.00. The molecule has 5 heteroatoms. The van der Waals surface area contributed by atoms with Gasteiger partial charge in [-0.2, -0.15) is 0 Å². The van der Waals surface area contributed by atoms with E-state index in [2.05, 4.69) is 40.7 Å². The van der Waals surface area contributed by atoms with Gasteiger partial charge < -0.3 is 10.5 Å². The normalized spacial score (nSPS) is 19.8. The third kappa shape index (κ3) is 4.35. The van der Waals surface area contributed by atoms with Crippen LogP contribution in [0.25, 0.3) is 0 Å². The first-order chi connectivity index (χ1) is 8.90. The van der Waals surface area contributed by atoms with Crippen molar-refractivity contribution in [2.24, 2.45) is 5.73 Å². The number of hydrogen-bond acceptors (Lipinski definition) is 3. The molecular formula is C15H24BrClN2O. The van der Waals surface area contributed by atoms with Crippen LogP contribution in [0.4, 0.5) is 0 Å². The number of likely N-dealkylation sites (tertiary alicyclic amines) is 1. The van der Waals surface area contributed by atoms with E-state index in [1.54, 1.807) is 7.11 Å². The standard InChI is InChI=1S/C15H23BrN2O.ClH/c1-15(2,17)10-18-8-4-5-13(18)12-9-11(16)6-7-14(12)19-3;/h6-7,9,13H,4-5,8,10,17H2,1-3H3;1H. The summed E-state index contributed by atoms with van der Waals surface area (Å²) in [5.41, 5.74) is 7.27. The molecule has 1 aliphatic rings. The van der Waals surface area contributed by atoms with Crippen LogP contribution in [-0.2, 0) is 0 Å². The lowest BCUT2D eigenvalue weighted by atomic mass is 10.0. The summed E-state index contributed by atoms with van der Waals surface area (Å²) in [5, 5.41) is 0. The Morgan fingerprint density at radius 2 is 2.15 bits per heavy atom. The van der Waals surface area contributed by atoms with Crippen molar-refractivity contribution < 1.29 is 4.74 Å². The maximum atomic E-state index is 6.17. The van der Waals surface area contributed by atoms with Crippen LogP contribution in [-0.4, -0.2) is 30.6 Å². The minimum absolute atomic E-state index is 0. The summed E-state index contributed by atoms with van der Waals surface area (Å²) in [6.07, 6.45) is 2.39. The number of nitrogens with zero attached hydrogens (tertiary/aromatic N) is 1. The topological polar surface area (TPSA) is 38.5 Å². The quantitative estimate of drug-likeness (QED) is 0.885. The predicted octanol–water partition coefficient (Wildman–Crippen LogP) is 3.75. The van der Waals surface area contributed by atoms with Gasteiger partial charge in [-0.15, -0.1) is 12.4 Å². The minimum Gasteiger partial charge on any atom is -0.496 e. The maximum absolute atomic E-state index is 6.17. The summed E-state index contributed by atoms with van der Waals surface area (Å²) in [6.45, 7) is 6.19. The Morgan fingerprint density at radius 1 is 1.45 bits per heavy atom. The van der Waals surface area contributed by atoms with Gasteiger partial charge in [0.2, 0.25) is 0 Å². The summed E-state index contributed by atoms with van der Waals surface area (Å²) in [4.78, 5) is 2.48. The molecule has 0 spiro atoms. The first-order valence-electron chi connectivity index (χ1n) is 6.77. The Hall–Kier alpha value is -0.290. The van der Waals surface area contributed by atoms with Crippen LogP contribution in [0.1, 0.15) is 38.3 Å². The molecule has 2 N–H and O–H groups in total. The van der Waals surface area contributed by atoms with Gasteiger partial charge in [0.1, 0.15) is 5.75 Å². The maximum Gasteiger partial charge on any atom is 0.123 e. The van der Waals surface area contributed by atoms with Crippen molar-refractivity contribution in [1.29, 1.82) is 0 Å². The molecule has 1 saturated heterocycles. The van der Waals surface area contributed by atoms with Crippen molar-refractivity contribution in [2.45, 2.75) is 38.3 Å². The molecule has 1 heterocycles. The number of rotatable bonds is 4. The molecule has 114 valence electrons. The van der Waals surface area contributed by atoms with Gasteiger partial charge in [-0.1, -0.05) is 15.9 Å². The zero-order chi connectivity index (χ0) is 14.0. The number of nitrogens with two attached hydrogens (primary N) is 1. The average Bonchev–Trinajstić information content (AvgIpc) is 2.74. The van der Waals surface area contributed by atoms with E-state index in [0.717, 1.165) is 23.3 Å². The highest BCUT2D eigenvalue weighted by Gasteiger charge is 2.31. The summed E-state index contributed by atoms with van der Waals surface area (Å²) in [5.74, 6) is 0.968. The molecule has 2 rings (SSSR count). The highest BCUT2D eigenvalue weighted by molar-refractivity contribution is 9.10. The van der Waals surface area contributed by atoms with Gasteiger partial charge in [-0.25, -0.2) is 0 Å². The molecule has 1 fully saturated rings. The molecule has 0 radical (unpaired) electrons. The Labute approximate surface area is 136 Å². The van der Waals surface area contributed by atoms with E-state index in [4.69, 9.17) is 10.5 Å². The SMILES string of the molecule is COc1ccc(Br)cc1C1CCCN1CC(C)(C)N.Cl. The van der Waals surface area contributed by atoms with Crippen molar-refractivity contribution in [3.8, 4) is 5.75 Å². The van der Waals surface area contributed by atoms with Crippen LogP contribution in [0, 0.1) is 0 Å². The molecule has 1 aromatic carbocycles. The van der Waals surface area contributed by atoms with Gasteiger partial charge >= 0.3 is 0 Å². The number of ether oxygens (including phenoxy) is 1. The Morgan fingerprint density at radius 3 is 2.75 bits per heavy atom. The van der Waals surface area contributed by atoms with Crippen molar-refractivity contribution in [3.63, 3.8) is 0 Å². The predicted molar refractivity (Wildman–Crippen MR) is 89.8 cm³/mol. The Balaban J connectivity index is 0.00000200. The molecule has 1 aliphatic heterocycles. The van der Waals surface area contributed by atoms with E-state index in [-0.39, 0.29) is 17.9 Å². The molecule has 1 atom stereocenters. The van der Waals surface area contributed by atoms with E-state index >= 15 is 0 Å². The number of methoxy groups -OCH3 is 1. The van der Waals surface area contributed by atoms with Gasteiger partial charge in [0.05, 0.1) is 7.11 Å². The number of halogens is 2. The minimum atomic E-state index is -0.165. The van der Waals surface area contributed by atoms with E-state index < -0.39 is 0 Å². The fourth-order valence-electron chi connectivity index (χ4n) is 2.86. The van der Waals surface area contributed by atoms with Crippen molar-refractivity contribution in [1.82, 2.24) is 4.90 Å². The summed E-state index contributed by atoms with van der Waals surface area (Å²) in [6, 6.07) is 6.64. The van der Waals surface area contributed by atoms with Gasteiger partial charge in [0.25, 0.3) is 0 Å². The molecule has 1 aromatic rings. The zero-order valence-corrected chi connectivity index (χ0v) is 14.8. The van der Waals surface area contributed by atoms with Crippen LogP contribution in [0.3, 0.4) is 0 Å². The van der Waals surface area contributed by atoms with Gasteiger partial charge in [-0.3, -0.25) is 4.90 Å². The van der Waals surface area contributed by atoms with E-state index in [1.165, 1.54) is 18.4 Å². The van der Waals surface area contributed by atoms with Gasteiger partial charge in [-0.05, 0) is 51.4 Å². The largest absolute Gasteiger partial charge is 0.496 e. The summed E-state index contributed by atoms with van der Waals surface area (Å²) >= 11 is 3.56. The van der Waals surface area contributed by atoms with E-state index in [1.807, 2.05) is 12.1 Å². The fraction of sp³-hybridized carbons (Fsp3) is 0.600. The van der Waals surface area contributed by atoms with Crippen molar-refractivity contribution in [3.05, 3.63) is 28.2 Å². The zero-order valence-electron chi connectivity index (χ0n) is 12.4. The van der Waals surface area contributed by atoms with E-state index in [9.17, 15) is 0 Å². The lowest BCUT2D eigenvalue weighted by molar-refractivity contribution is 0.208. The second kappa shape index (κ2) is 7.12. The molecule has 0 saturated carbocycles. The lowest BCUT2D eigenvalue weighted by Crippen LogP contribution is -2.45. The van der Waals surface area contributed by atoms with Crippen molar-refractivity contribution in [2.75, 3.05) is 20.2 Å².